The molecule has 0 bridgehead atoms. The number of hydrogen-bond acceptors (Lipinski definition) is 6. The van der Waals surface area contributed by atoms with Crippen LogP contribution in [0, 0.1) is 0 Å². The maximum absolute atomic E-state index is 12.6. The molecular formula is C18H18N4O2S. The number of rotatable bonds is 4. The molecule has 1 aliphatic rings. The molecular weight excluding hydrogens is 336 g/mol. The fourth-order valence-corrected chi connectivity index (χ4v) is 3.72. The third kappa shape index (κ3) is 3.00. The van der Waals surface area contributed by atoms with Crippen molar-refractivity contribution in [2.45, 2.75) is 30.8 Å². The minimum Gasteiger partial charge on any atom is -0.497 e. The lowest BCUT2D eigenvalue weighted by molar-refractivity contribution is 0.0962. The van der Waals surface area contributed by atoms with Crippen molar-refractivity contribution in [1.29, 1.82) is 0 Å². The molecule has 128 valence electrons. The Labute approximate surface area is 149 Å². The number of fused-ring (bicyclic) bond motifs is 2. The topological polar surface area (TPSA) is 69.4 Å². The molecule has 4 rings (SSSR count). The van der Waals surface area contributed by atoms with E-state index in [1.807, 2.05) is 24.3 Å². The zero-order chi connectivity index (χ0) is 17.4. The molecule has 0 spiro atoms. The van der Waals surface area contributed by atoms with E-state index in [-0.39, 0.29) is 11.7 Å². The van der Waals surface area contributed by atoms with Crippen LogP contribution in [0.2, 0.25) is 0 Å². The molecule has 0 saturated heterocycles. The van der Waals surface area contributed by atoms with Crippen LogP contribution < -0.4 is 4.74 Å². The fourth-order valence-electron chi connectivity index (χ4n) is 3.17. The maximum atomic E-state index is 12.6. The summed E-state index contributed by atoms with van der Waals surface area (Å²) >= 11 is 1.57. The van der Waals surface area contributed by atoms with E-state index in [1.165, 1.54) is 0 Å². The van der Waals surface area contributed by atoms with Crippen molar-refractivity contribution < 1.29 is 9.53 Å². The Morgan fingerprint density at radius 1 is 1.24 bits per heavy atom. The predicted molar refractivity (Wildman–Crippen MR) is 95.6 cm³/mol. The van der Waals surface area contributed by atoms with Crippen molar-refractivity contribution in [2.24, 2.45) is 0 Å². The fraction of sp³-hybridized carbons (Fsp3) is 0.333. The molecule has 2 aromatic heterocycles. The molecule has 1 aliphatic carbocycles. The number of nitrogens with zero attached hydrogens (tertiary/aromatic N) is 4. The number of ether oxygens (including phenoxy) is 1. The molecule has 6 nitrogen and oxygen atoms in total. The van der Waals surface area contributed by atoms with Crippen molar-refractivity contribution >= 4 is 23.3 Å². The molecule has 1 atom stereocenters. The van der Waals surface area contributed by atoms with E-state index < -0.39 is 0 Å². The molecule has 1 unspecified atom stereocenters. The van der Waals surface area contributed by atoms with E-state index in [4.69, 9.17) is 4.74 Å². The largest absolute Gasteiger partial charge is 0.497 e. The number of Topliss-reactive ketones (excluding diaryl/α,β-unsaturated/α-hetero) is 1. The van der Waals surface area contributed by atoms with Gasteiger partial charge in [-0.1, -0.05) is 30.8 Å². The molecule has 3 aromatic rings. The number of methoxy groups -OCH3 is 1. The van der Waals surface area contributed by atoms with Crippen molar-refractivity contribution in [3.05, 3.63) is 47.3 Å². The van der Waals surface area contributed by atoms with Gasteiger partial charge in [0.2, 0.25) is 5.16 Å². The van der Waals surface area contributed by atoms with E-state index in [0.717, 1.165) is 29.2 Å². The van der Waals surface area contributed by atoms with Crippen LogP contribution in [0.5, 0.6) is 5.75 Å². The average Bonchev–Trinajstić information content (AvgIpc) is 3.02. The van der Waals surface area contributed by atoms with Crippen LogP contribution in [0.1, 0.15) is 40.9 Å². The predicted octanol–water partition coefficient (Wildman–Crippen LogP) is 3.16. The molecule has 0 radical (unpaired) electrons. The van der Waals surface area contributed by atoms with Gasteiger partial charge in [-0.2, -0.15) is 4.98 Å². The minimum atomic E-state index is 0.108. The van der Waals surface area contributed by atoms with Gasteiger partial charge in [-0.15, -0.1) is 5.10 Å². The van der Waals surface area contributed by atoms with Gasteiger partial charge < -0.3 is 4.74 Å². The SMILES string of the molecule is CCSc1nc2nc3c(cn2n1)C(=O)CC(c1ccc(OC)cc1)C3. The Bertz CT molecular complexity index is 936. The third-order valence-electron chi connectivity index (χ3n) is 4.42. The first-order chi connectivity index (χ1) is 12.2. The van der Waals surface area contributed by atoms with Crippen LogP contribution in [0.4, 0.5) is 0 Å². The van der Waals surface area contributed by atoms with Gasteiger partial charge in [0.15, 0.2) is 5.78 Å². The molecule has 7 heteroatoms. The lowest BCUT2D eigenvalue weighted by Gasteiger charge is -2.23. The van der Waals surface area contributed by atoms with E-state index in [2.05, 4.69) is 22.0 Å². The first kappa shape index (κ1) is 16.1. The van der Waals surface area contributed by atoms with E-state index in [1.54, 1.807) is 29.6 Å². The highest BCUT2D eigenvalue weighted by molar-refractivity contribution is 7.99. The van der Waals surface area contributed by atoms with Crippen LogP contribution >= 0.6 is 11.8 Å². The van der Waals surface area contributed by atoms with Crippen molar-refractivity contribution in [3.8, 4) is 5.75 Å². The quantitative estimate of drug-likeness (QED) is 0.670. The van der Waals surface area contributed by atoms with Gasteiger partial charge in [0, 0.05) is 12.6 Å². The number of carbonyl (C=O) groups excluding carboxylic acids is 1. The molecule has 2 heterocycles. The minimum absolute atomic E-state index is 0.108. The molecule has 25 heavy (non-hydrogen) atoms. The van der Waals surface area contributed by atoms with Crippen molar-refractivity contribution in [3.63, 3.8) is 0 Å². The van der Waals surface area contributed by atoms with Gasteiger partial charge >= 0.3 is 0 Å². The summed E-state index contributed by atoms with van der Waals surface area (Å²) in [6.07, 6.45) is 2.99. The first-order valence-electron chi connectivity index (χ1n) is 8.24. The Kier molecular flexibility index (Phi) is 4.17. The summed E-state index contributed by atoms with van der Waals surface area (Å²) < 4.78 is 6.82. The summed E-state index contributed by atoms with van der Waals surface area (Å²) in [5, 5.41) is 5.07. The lowest BCUT2D eigenvalue weighted by Crippen LogP contribution is -2.21. The number of hydrogen-bond donors (Lipinski definition) is 0. The summed E-state index contributed by atoms with van der Waals surface area (Å²) in [6, 6.07) is 7.90. The van der Waals surface area contributed by atoms with Crippen LogP contribution in [-0.4, -0.2) is 38.2 Å². The zero-order valence-corrected chi connectivity index (χ0v) is 14.9. The summed E-state index contributed by atoms with van der Waals surface area (Å²) in [5.41, 5.74) is 2.60. The summed E-state index contributed by atoms with van der Waals surface area (Å²) in [6.45, 7) is 2.05. The second kappa shape index (κ2) is 6.48. The first-order valence-corrected chi connectivity index (χ1v) is 9.22. The van der Waals surface area contributed by atoms with Gasteiger partial charge in [0.1, 0.15) is 5.75 Å². The van der Waals surface area contributed by atoms with Gasteiger partial charge in [-0.25, -0.2) is 9.50 Å². The zero-order valence-electron chi connectivity index (χ0n) is 14.1. The summed E-state index contributed by atoms with van der Waals surface area (Å²) in [7, 11) is 1.65. The molecule has 0 amide bonds. The maximum Gasteiger partial charge on any atom is 0.253 e. The van der Waals surface area contributed by atoms with Gasteiger partial charge in [-0.05, 0) is 35.8 Å². The van der Waals surface area contributed by atoms with E-state index in [0.29, 0.717) is 22.9 Å². The number of thioether (sulfide) groups is 1. The monoisotopic (exact) mass is 354 g/mol. The number of ketones is 1. The number of carbonyl (C=O) groups is 1. The number of benzene rings is 1. The van der Waals surface area contributed by atoms with Gasteiger partial charge in [0.25, 0.3) is 5.78 Å². The second-order valence-electron chi connectivity index (χ2n) is 5.97. The molecule has 1 aromatic carbocycles. The van der Waals surface area contributed by atoms with Crippen LogP contribution in [-0.2, 0) is 6.42 Å². The van der Waals surface area contributed by atoms with Crippen LogP contribution in [0.15, 0.2) is 35.6 Å². The lowest BCUT2D eigenvalue weighted by atomic mass is 9.82. The summed E-state index contributed by atoms with van der Waals surface area (Å²) in [5.74, 6) is 2.51. The highest BCUT2D eigenvalue weighted by Crippen LogP contribution is 2.32. The summed E-state index contributed by atoms with van der Waals surface area (Å²) in [4.78, 5) is 21.7. The number of aromatic nitrogens is 4. The molecule has 0 aliphatic heterocycles. The average molecular weight is 354 g/mol. The molecule has 0 saturated carbocycles. The Balaban J connectivity index is 1.68. The smallest absolute Gasteiger partial charge is 0.253 e. The van der Waals surface area contributed by atoms with Gasteiger partial charge in [-0.3, -0.25) is 4.79 Å². The van der Waals surface area contributed by atoms with Crippen molar-refractivity contribution in [1.82, 2.24) is 19.6 Å². The Morgan fingerprint density at radius 2 is 2.04 bits per heavy atom. The normalized spacial score (nSPS) is 16.9. The molecule has 0 fully saturated rings. The Hall–Kier alpha value is -2.41. The third-order valence-corrected chi connectivity index (χ3v) is 5.14. The second-order valence-corrected chi connectivity index (χ2v) is 7.21. The van der Waals surface area contributed by atoms with Crippen LogP contribution in [0.3, 0.4) is 0 Å². The van der Waals surface area contributed by atoms with Crippen molar-refractivity contribution in [2.75, 3.05) is 12.9 Å². The van der Waals surface area contributed by atoms with Crippen LogP contribution in [0.25, 0.3) is 5.78 Å². The molecule has 0 N–H and O–H groups in total. The van der Waals surface area contributed by atoms with E-state index in [9.17, 15) is 4.79 Å². The van der Waals surface area contributed by atoms with Gasteiger partial charge in [0.05, 0.1) is 18.4 Å². The highest BCUT2D eigenvalue weighted by atomic mass is 32.2. The van der Waals surface area contributed by atoms with E-state index >= 15 is 0 Å². The Morgan fingerprint density at radius 3 is 2.76 bits per heavy atom. The standard InChI is InChI=1S/C18H18N4O2S/c1-3-25-18-20-17-19-15-8-12(11-4-6-13(24-2)7-5-11)9-16(23)14(15)10-22(17)21-18/h4-7,10,12H,3,8-9H2,1-2H3. The highest BCUT2D eigenvalue weighted by Gasteiger charge is 2.28.